The largest absolute Gasteiger partial charge is 0.354 e. The maximum absolute atomic E-state index is 13.5. The van der Waals surface area contributed by atoms with Crippen LogP contribution in [-0.4, -0.2) is 89.9 Å². The molecule has 3 saturated heterocycles. The molecule has 0 spiro atoms. The zero-order chi connectivity index (χ0) is 23.3. The molecule has 0 radical (unpaired) electrons. The maximum atomic E-state index is 13.5. The molecule has 5 rings (SSSR count). The van der Waals surface area contributed by atoms with E-state index in [2.05, 4.69) is 25.8 Å². The van der Waals surface area contributed by atoms with E-state index in [4.69, 9.17) is 0 Å². The van der Waals surface area contributed by atoms with Gasteiger partial charge in [0.15, 0.2) is 0 Å². The van der Waals surface area contributed by atoms with E-state index in [9.17, 15) is 9.59 Å². The molecule has 0 bridgehead atoms. The van der Waals surface area contributed by atoms with Gasteiger partial charge >= 0.3 is 0 Å². The summed E-state index contributed by atoms with van der Waals surface area (Å²) in [5.74, 6) is 1.83. The Labute approximate surface area is 206 Å². The summed E-state index contributed by atoms with van der Waals surface area (Å²) in [5, 5.41) is 2.00. The van der Waals surface area contributed by atoms with Crippen molar-refractivity contribution in [3.8, 4) is 0 Å². The number of piperazine rings is 1. The van der Waals surface area contributed by atoms with Crippen molar-refractivity contribution in [3.63, 3.8) is 0 Å². The molecule has 2 aromatic rings. The molecule has 2 amide bonds. The minimum absolute atomic E-state index is 0.0950. The molecule has 3 aliphatic rings. The van der Waals surface area contributed by atoms with Crippen LogP contribution in [0.1, 0.15) is 30.6 Å². The fourth-order valence-electron chi connectivity index (χ4n) is 5.68. The Hall–Kier alpha value is -2.45. The van der Waals surface area contributed by atoms with Crippen LogP contribution >= 0.6 is 11.3 Å². The highest BCUT2D eigenvalue weighted by Gasteiger charge is 2.38. The summed E-state index contributed by atoms with van der Waals surface area (Å²) in [7, 11) is 0. The monoisotopic (exact) mass is 481 g/mol. The second-order valence-electron chi connectivity index (χ2n) is 9.77. The Kier molecular flexibility index (Phi) is 7.45. The van der Waals surface area contributed by atoms with Crippen molar-refractivity contribution in [1.82, 2.24) is 19.7 Å². The number of anilines is 1. The van der Waals surface area contributed by atoms with Gasteiger partial charge in [0.25, 0.3) is 0 Å². The van der Waals surface area contributed by atoms with Crippen LogP contribution in [0.3, 0.4) is 0 Å². The zero-order valence-corrected chi connectivity index (χ0v) is 20.7. The number of piperidine rings is 1. The number of amides is 2. The van der Waals surface area contributed by atoms with E-state index in [0.717, 1.165) is 75.8 Å². The van der Waals surface area contributed by atoms with Crippen LogP contribution < -0.4 is 4.90 Å². The van der Waals surface area contributed by atoms with Crippen molar-refractivity contribution in [3.05, 3.63) is 46.8 Å². The number of thiophene rings is 1. The van der Waals surface area contributed by atoms with E-state index < -0.39 is 0 Å². The van der Waals surface area contributed by atoms with E-state index >= 15 is 0 Å². The molecule has 2 unspecified atom stereocenters. The lowest BCUT2D eigenvalue weighted by Crippen LogP contribution is -2.53. The molecule has 34 heavy (non-hydrogen) atoms. The summed E-state index contributed by atoms with van der Waals surface area (Å²) >= 11 is 1.61. The van der Waals surface area contributed by atoms with Crippen molar-refractivity contribution < 1.29 is 9.59 Å². The van der Waals surface area contributed by atoms with E-state index in [1.54, 1.807) is 11.3 Å². The molecule has 3 fully saturated rings. The molecule has 0 aromatic carbocycles. The molecule has 2 atom stereocenters. The summed E-state index contributed by atoms with van der Waals surface area (Å²) in [6.45, 7) is 7.47. The molecular weight excluding hydrogens is 446 g/mol. The number of likely N-dealkylation sites (tertiary alicyclic amines) is 2. The Bertz CT molecular complexity index is 945. The molecule has 182 valence electrons. The quantitative estimate of drug-likeness (QED) is 0.635. The maximum Gasteiger partial charge on any atom is 0.245 e. The lowest BCUT2D eigenvalue weighted by Gasteiger charge is -2.40. The Morgan fingerprint density at radius 2 is 1.82 bits per heavy atom. The number of nitrogens with zero attached hydrogens (tertiary/aromatic N) is 5. The first-order valence-electron chi connectivity index (χ1n) is 12.7. The van der Waals surface area contributed by atoms with Crippen molar-refractivity contribution >= 4 is 29.0 Å². The first kappa shape index (κ1) is 23.3. The van der Waals surface area contributed by atoms with Gasteiger partial charge in [-0.25, -0.2) is 4.98 Å². The summed E-state index contributed by atoms with van der Waals surface area (Å²) in [5.41, 5.74) is 0. The van der Waals surface area contributed by atoms with Gasteiger partial charge < -0.3 is 14.7 Å². The van der Waals surface area contributed by atoms with Gasteiger partial charge in [0.1, 0.15) is 11.9 Å². The summed E-state index contributed by atoms with van der Waals surface area (Å²) < 4.78 is 0. The van der Waals surface area contributed by atoms with Gasteiger partial charge in [-0.1, -0.05) is 12.1 Å². The van der Waals surface area contributed by atoms with Gasteiger partial charge in [0, 0.05) is 63.4 Å². The second-order valence-corrected chi connectivity index (χ2v) is 10.8. The fraction of sp³-hybridized carbons (Fsp3) is 0.577. The third-order valence-electron chi connectivity index (χ3n) is 7.46. The van der Waals surface area contributed by atoms with E-state index in [1.807, 2.05) is 40.7 Å². The molecule has 0 N–H and O–H groups in total. The highest BCUT2D eigenvalue weighted by atomic mass is 32.1. The molecule has 7 nitrogen and oxygen atoms in total. The Balaban J connectivity index is 1.12. The normalized spacial score (nSPS) is 23.9. The predicted molar refractivity (Wildman–Crippen MR) is 135 cm³/mol. The van der Waals surface area contributed by atoms with E-state index in [0.29, 0.717) is 18.9 Å². The minimum atomic E-state index is -0.270. The van der Waals surface area contributed by atoms with E-state index in [-0.39, 0.29) is 17.9 Å². The number of carbonyl (C=O) groups excluding carboxylic acids is 2. The average molecular weight is 482 g/mol. The minimum Gasteiger partial charge on any atom is -0.354 e. The van der Waals surface area contributed by atoms with Gasteiger partial charge in [-0.3, -0.25) is 14.5 Å². The van der Waals surface area contributed by atoms with Crippen LogP contribution in [0.5, 0.6) is 0 Å². The third-order valence-corrected chi connectivity index (χ3v) is 8.33. The first-order valence-corrected chi connectivity index (χ1v) is 13.5. The first-order chi connectivity index (χ1) is 16.7. The van der Waals surface area contributed by atoms with Crippen molar-refractivity contribution in [1.29, 1.82) is 0 Å². The van der Waals surface area contributed by atoms with Gasteiger partial charge in [-0.05, 0) is 55.2 Å². The van der Waals surface area contributed by atoms with Crippen LogP contribution in [0.25, 0.3) is 0 Å². The Morgan fingerprint density at radius 3 is 2.59 bits per heavy atom. The third kappa shape index (κ3) is 5.44. The van der Waals surface area contributed by atoms with Crippen molar-refractivity contribution in [2.75, 3.05) is 57.3 Å². The number of rotatable bonds is 6. The highest BCUT2D eigenvalue weighted by Crippen LogP contribution is 2.25. The fourth-order valence-corrected chi connectivity index (χ4v) is 6.37. The molecule has 5 heterocycles. The lowest BCUT2D eigenvalue weighted by molar-refractivity contribution is -0.144. The molecule has 0 saturated carbocycles. The second kappa shape index (κ2) is 10.9. The summed E-state index contributed by atoms with van der Waals surface area (Å²) in [6, 6.07) is 9.79. The number of carbonyl (C=O) groups is 2. The van der Waals surface area contributed by atoms with Gasteiger partial charge in [-0.15, -0.1) is 11.3 Å². The topological polar surface area (TPSA) is 60.0 Å². The van der Waals surface area contributed by atoms with Crippen molar-refractivity contribution in [2.45, 2.75) is 38.1 Å². The SMILES string of the molecule is O=C(C1CCCN1C(=O)Cc1cccs1)N1CCCC(CN2CCN(c3ccccn3)CC2)C1. The molecule has 2 aromatic heterocycles. The van der Waals surface area contributed by atoms with Crippen LogP contribution in [-0.2, 0) is 16.0 Å². The smallest absolute Gasteiger partial charge is 0.245 e. The van der Waals surface area contributed by atoms with Crippen LogP contribution in [0.2, 0.25) is 0 Å². The predicted octanol–water partition coefficient (Wildman–Crippen LogP) is 2.74. The zero-order valence-electron chi connectivity index (χ0n) is 19.8. The van der Waals surface area contributed by atoms with E-state index in [1.165, 1.54) is 6.42 Å². The molecule has 0 aliphatic carbocycles. The van der Waals surface area contributed by atoms with Gasteiger partial charge in [0.05, 0.1) is 6.42 Å². The molecule has 8 heteroatoms. The summed E-state index contributed by atoms with van der Waals surface area (Å²) in [6.07, 6.45) is 6.22. The van der Waals surface area contributed by atoms with Gasteiger partial charge in [0.2, 0.25) is 11.8 Å². The molecule has 3 aliphatic heterocycles. The number of aromatic nitrogens is 1. The lowest BCUT2D eigenvalue weighted by atomic mass is 9.96. The standard InChI is InChI=1S/C26H35N5O2S/c32-25(18-22-7-5-17-34-22)31-12-4-8-23(31)26(33)30-11-3-6-21(20-30)19-28-13-15-29(16-14-28)24-9-1-2-10-27-24/h1-2,5,7,9-10,17,21,23H,3-4,6,8,11-16,18-20H2. The van der Waals surface area contributed by atoms with Crippen LogP contribution in [0.15, 0.2) is 41.9 Å². The van der Waals surface area contributed by atoms with Crippen LogP contribution in [0, 0.1) is 5.92 Å². The number of hydrogen-bond donors (Lipinski definition) is 0. The number of hydrogen-bond acceptors (Lipinski definition) is 6. The Morgan fingerprint density at radius 1 is 0.971 bits per heavy atom. The average Bonchev–Trinajstić information content (AvgIpc) is 3.57. The molecular formula is C26H35N5O2S. The van der Waals surface area contributed by atoms with Crippen LogP contribution in [0.4, 0.5) is 5.82 Å². The van der Waals surface area contributed by atoms with Crippen molar-refractivity contribution in [2.24, 2.45) is 5.92 Å². The highest BCUT2D eigenvalue weighted by molar-refractivity contribution is 7.10. The number of pyridine rings is 1. The van der Waals surface area contributed by atoms with Gasteiger partial charge in [-0.2, -0.15) is 0 Å². The summed E-state index contributed by atoms with van der Waals surface area (Å²) in [4.78, 5) is 40.7.